The normalized spacial score (nSPS) is 13.8. The number of nitrogens with one attached hydrogen (secondary N) is 2. The molecule has 3 N–H and O–H groups in total. The fourth-order valence-electron chi connectivity index (χ4n) is 1.37. The maximum atomic E-state index is 11.8. The number of sulfonamides is 2. The van der Waals surface area contributed by atoms with E-state index in [1.165, 1.54) is 19.1 Å². The quantitative estimate of drug-likeness (QED) is 0.579. The standard InChI is InChI=1S/C11H16N2O6S2/c1-9(11(14)15)13-20(16,17)8-7-12-21(18,19)10-5-3-2-4-6-10/h2-6,9,12-13H,7-8H2,1H3,(H,14,15)/t9-/m1/s1. The molecule has 0 bridgehead atoms. The van der Waals surface area contributed by atoms with Crippen molar-refractivity contribution in [1.82, 2.24) is 9.44 Å². The number of benzene rings is 1. The van der Waals surface area contributed by atoms with Gasteiger partial charge in [0.15, 0.2) is 0 Å². The Labute approximate surface area is 123 Å². The highest BCUT2D eigenvalue weighted by Crippen LogP contribution is 2.06. The predicted octanol–water partition coefficient (Wildman–Crippen LogP) is -0.643. The maximum absolute atomic E-state index is 11.8. The van der Waals surface area contributed by atoms with E-state index in [1.807, 2.05) is 4.72 Å². The number of carboxylic acid groups (broad SMARTS) is 1. The molecule has 0 saturated heterocycles. The predicted molar refractivity (Wildman–Crippen MR) is 75.7 cm³/mol. The SMILES string of the molecule is C[C@@H](NS(=O)(=O)CCNS(=O)(=O)c1ccccc1)C(=O)O. The molecule has 0 aliphatic rings. The first kappa shape index (κ1) is 17.6. The zero-order valence-electron chi connectivity index (χ0n) is 11.2. The van der Waals surface area contributed by atoms with E-state index >= 15 is 0 Å². The summed E-state index contributed by atoms with van der Waals surface area (Å²) >= 11 is 0. The summed E-state index contributed by atoms with van der Waals surface area (Å²) in [5.41, 5.74) is 0. The number of carbonyl (C=O) groups is 1. The molecule has 8 nitrogen and oxygen atoms in total. The van der Waals surface area contributed by atoms with Gasteiger partial charge in [0, 0.05) is 6.54 Å². The van der Waals surface area contributed by atoms with Crippen LogP contribution in [0.4, 0.5) is 0 Å². The smallest absolute Gasteiger partial charge is 0.321 e. The third-order valence-corrected chi connectivity index (χ3v) is 5.37. The van der Waals surface area contributed by atoms with Crippen LogP contribution in [-0.4, -0.2) is 46.3 Å². The van der Waals surface area contributed by atoms with Gasteiger partial charge in [-0.1, -0.05) is 18.2 Å². The van der Waals surface area contributed by atoms with Gasteiger partial charge in [-0.2, -0.15) is 0 Å². The molecule has 0 aliphatic heterocycles. The van der Waals surface area contributed by atoms with Crippen LogP contribution in [0.1, 0.15) is 6.92 Å². The number of hydrogen-bond donors (Lipinski definition) is 3. The van der Waals surface area contributed by atoms with E-state index in [0.29, 0.717) is 0 Å². The number of aliphatic carboxylic acids is 1. The Kier molecular flexibility index (Phi) is 5.84. The Bertz CT molecular complexity index is 685. The van der Waals surface area contributed by atoms with Crippen LogP contribution in [0.5, 0.6) is 0 Å². The first-order valence-electron chi connectivity index (χ1n) is 5.91. The van der Waals surface area contributed by atoms with Crippen molar-refractivity contribution in [2.45, 2.75) is 17.9 Å². The van der Waals surface area contributed by atoms with Crippen LogP contribution in [0, 0.1) is 0 Å². The van der Waals surface area contributed by atoms with Gasteiger partial charge in [0.2, 0.25) is 20.0 Å². The fraction of sp³-hybridized carbons (Fsp3) is 0.364. The van der Waals surface area contributed by atoms with Gasteiger partial charge in [-0.05, 0) is 19.1 Å². The molecule has 1 rings (SSSR count). The highest BCUT2D eigenvalue weighted by molar-refractivity contribution is 7.90. The summed E-state index contributed by atoms with van der Waals surface area (Å²) in [5, 5.41) is 8.61. The van der Waals surface area contributed by atoms with Crippen LogP contribution in [0.2, 0.25) is 0 Å². The minimum atomic E-state index is -3.89. The summed E-state index contributed by atoms with van der Waals surface area (Å²) < 4.78 is 50.8. The number of carboxylic acids is 1. The molecule has 0 spiro atoms. The van der Waals surface area contributed by atoms with Crippen molar-refractivity contribution in [2.75, 3.05) is 12.3 Å². The molecular weight excluding hydrogens is 320 g/mol. The van der Waals surface area contributed by atoms with Gasteiger partial charge >= 0.3 is 5.97 Å². The van der Waals surface area contributed by atoms with Gasteiger partial charge in [0.05, 0.1) is 10.6 Å². The average Bonchev–Trinajstić information content (AvgIpc) is 2.38. The lowest BCUT2D eigenvalue weighted by Gasteiger charge is -2.11. The van der Waals surface area contributed by atoms with Crippen molar-refractivity contribution in [1.29, 1.82) is 0 Å². The molecule has 1 aromatic rings. The van der Waals surface area contributed by atoms with Crippen LogP contribution >= 0.6 is 0 Å². The monoisotopic (exact) mass is 336 g/mol. The highest BCUT2D eigenvalue weighted by Gasteiger charge is 2.20. The first-order chi connectivity index (χ1) is 9.64. The molecule has 10 heteroatoms. The zero-order chi connectivity index (χ0) is 16.1. The zero-order valence-corrected chi connectivity index (χ0v) is 12.8. The van der Waals surface area contributed by atoms with Crippen LogP contribution in [0.25, 0.3) is 0 Å². The molecule has 118 valence electrons. The van der Waals surface area contributed by atoms with Crippen LogP contribution in [-0.2, 0) is 24.8 Å². The molecule has 0 heterocycles. The summed E-state index contributed by atoms with van der Waals surface area (Å²) in [7, 11) is -7.67. The van der Waals surface area contributed by atoms with Crippen molar-refractivity contribution in [3.8, 4) is 0 Å². The summed E-state index contributed by atoms with van der Waals surface area (Å²) in [6.07, 6.45) is 0. The van der Waals surface area contributed by atoms with Crippen LogP contribution in [0.15, 0.2) is 35.2 Å². The third kappa shape index (κ3) is 5.79. The maximum Gasteiger partial charge on any atom is 0.321 e. The molecule has 21 heavy (non-hydrogen) atoms. The number of rotatable bonds is 8. The first-order valence-corrected chi connectivity index (χ1v) is 9.05. The molecular formula is C11H16N2O6S2. The summed E-state index contributed by atoms with van der Waals surface area (Å²) in [5.74, 6) is -1.88. The van der Waals surface area contributed by atoms with E-state index in [-0.39, 0.29) is 11.4 Å². The minimum absolute atomic E-state index is 0.0225. The summed E-state index contributed by atoms with van der Waals surface area (Å²) in [4.78, 5) is 10.6. The average molecular weight is 336 g/mol. The minimum Gasteiger partial charge on any atom is -0.480 e. The molecule has 0 aromatic heterocycles. The van der Waals surface area contributed by atoms with Gasteiger partial charge in [0.1, 0.15) is 6.04 Å². The molecule has 0 aliphatic carbocycles. The van der Waals surface area contributed by atoms with Crippen LogP contribution < -0.4 is 9.44 Å². The second-order valence-corrected chi connectivity index (χ2v) is 7.85. The van der Waals surface area contributed by atoms with Crippen molar-refractivity contribution in [2.24, 2.45) is 0 Å². The molecule has 1 aromatic carbocycles. The fourth-order valence-corrected chi connectivity index (χ4v) is 3.68. The van der Waals surface area contributed by atoms with E-state index in [9.17, 15) is 21.6 Å². The van der Waals surface area contributed by atoms with Crippen molar-refractivity contribution in [3.05, 3.63) is 30.3 Å². The molecule has 0 radical (unpaired) electrons. The highest BCUT2D eigenvalue weighted by atomic mass is 32.2. The van der Waals surface area contributed by atoms with E-state index in [1.54, 1.807) is 18.2 Å². The second kappa shape index (κ2) is 6.98. The molecule has 0 saturated carbocycles. The topological polar surface area (TPSA) is 130 Å². The lowest BCUT2D eigenvalue weighted by atomic mass is 10.4. The van der Waals surface area contributed by atoms with Gasteiger partial charge in [-0.15, -0.1) is 0 Å². The van der Waals surface area contributed by atoms with Crippen LogP contribution in [0.3, 0.4) is 0 Å². The lowest BCUT2D eigenvalue weighted by molar-refractivity contribution is -0.138. The van der Waals surface area contributed by atoms with E-state index in [4.69, 9.17) is 5.11 Å². The van der Waals surface area contributed by atoms with Gasteiger partial charge in [-0.3, -0.25) is 4.79 Å². The molecule has 0 unspecified atom stereocenters. The largest absolute Gasteiger partial charge is 0.480 e. The Morgan fingerprint density at radius 3 is 2.29 bits per heavy atom. The van der Waals surface area contributed by atoms with Crippen molar-refractivity contribution >= 4 is 26.0 Å². The summed E-state index contributed by atoms with van der Waals surface area (Å²) in [6, 6.07) is 6.22. The molecule has 0 amide bonds. The molecule has 0 fully saturated rings. The molecule has 1 atom stereocenters. The van der Waals surface area contributed by atoms with Crippen molar-refractivity contribution in [3.63, 3.8) is 0 Å². The van der Waals surface area contributed by atoms with Crippen molar-refractivity contribution < 1.29 is 26.7 Å². The third-order valence-electron chi connectivity index (χ3n) is 2.44. The Morgan fingerprint density at radius 1 is 1.19 bits per heavy atom. The van der Waals surface area contributed by atoms with E-state index in [2.05, 4.69) is 4.72 Å². The summed E-state index contributed by atoms with van der Waals surface area (Å²) in [6.45, 7) is 0.812. The second-order valence-electron chi connectivity index (χ2n) is 4.21. The Balaban J connectivity index is 2.59. The Hall–Kier alpha value is -1.49. The van der Waals surface area contributed by atoms with Gasteiger partial charge in [-0.25, -0.2) is 26.3 Å². The van der Waals surface area contributed by atoms with Gasteiger partial charge in [0.25, 0.3) is 0 Å². The van der Waals surface area contributed by atoms with E-state index in [0.717, 1.165) is 0 Å². The van der Waals surface area contributed by atoms with Gasteiger partial charge < -0.3 is 5.11 Å². The number of hydrogen-bond acceptors (Lipinski definition) is 5. The van der Waals surface area contributed by atoms with E-state index < -0.39 is 37.8 Å². The lowest BCUT2D eigenvalue weighted by Crippen LogP contribution is -2.41. The Morgan fingerprint density at radius 2 is 1.76 bits per heavy atom.